The molecule has 3 heterocycles. The van der Waals surface area contributed by atoms with Crippen LogP contribution in [0.3, 0.4) is 0 Å². The van der Waals surface area contributed by atoms with E-state index in [1.165, 1.54) is 0 Å². The lowest BCUT2D eigenvalue weighted by molar-refractivity contribution is 0.100. The predicted octanol–water partition coefficient (Wildman–Crippen LogP) is 3.09. The molecule has 8 nitrogen and oxygen atoms in total. The minimum absolute atomic E-state index is 0.220. The summed E-state index contributed by atoms with van der Waals surface area (Å²) in [4.78, 5) is 21.1. The second kappa shape index (κ2) is 5.98. The first kappa shape index (κ1) is 17.8. The fourth-order valence-electron chi connectivity index (χ4n) is 3.88. The molecule has 0 radical (unpaired) electrons. The van der Waals surface area contributed by atoms with Crippen LogP contribution in [0.25, 0.3) is 27.8 Å². The number of ether oxygens (including phenoxy) is 1. The van der Waals surface area contributed by atoms with E-state index in [2.05, 4.69) is 9.97 Å². The van der Waals surface area contributed by atoms with Gasteiger partial charge >= 0.3 is 0 Å². The third-order valence-corrected chi connectivity index (χ3v) is 5.05. The molecule has 1 amide bonds. The summed E-state index contributed by atoms with van der Waals surface area (Å²) in [5, 5.41) is 0.565. The summed E-state index contributed by atoms with van der Waals surface area (Å²) < 4.78 is 13.1. The number of benzene rings is 1. The predicted molar refractivity (Wildman–Crippen MR) is 107 cm³/mol. The molecule has 4 N–H and O–H groups in total. The Labute approximate surface area is 161 Å². The number of nitrogens with zero attached hydrogens (tertiary/aromatic N) is 3. The van der Waals surface area contributed by atoms with E-state index in [1.807, 2.05) is 26.0 Å². The van der Waals surface area contributed by atoms with Crippen LogP contribution in [-0.4, -0.2) is 27.6 Å². The number of aromatic nitrogens is 3. The van der Waals surface area contributed by atoms with Crippen LogP contribution in [-0.2, 0) is 0 Å². The van der Waals surface area contributed by atoms with Crippen molar-refractivity contribution in [1.29, 1.82) is 0 Å². The average molecular weight is 379 g/mol. The zero-order valence-corrected chi connectivity index (χ0v) is 16.4. The molecule has 144 valence electrons. The molecule has 0 fully saturated rings. The SMILES string of the molecule is COc1ccc(C)c(-n2c(N)c(C(N)=O)c3c(C)nc4nc(C)oc4c32)c1C. The molecular formula is C20H21N5O3. The van der Waals surface area contributed by atoms with Crippen molar-refractivity contribution in [2.45, 2.75) is 27.7 Å². The summed E-state index contributed by atoms with van der Waals surface area (Å²) in [5.74, 6) is 0.784. The van der Waals surface area contributed by atoms with Crippen LogP contribution in [0.15, 0.2) is 16.5 Å². The standard InChI is InChI=1S/C20H21N5O3/c1-8-6-7-12(27-5)9(2)15(8)25-16-13(14(18(25)21)19(22)26)10(3)23-20-17(16)28-11(4)24-20/h6-7H,21H2,1-5H3,(H2,22,26). The number of hydrogen-bond donors (Lipinski definition) is 2. The Kier molecular flexibility index (Phi) is 3.81. The number of amides is 1. The second-order valence-corrected chi connectivity index (χ2v) is 6.82. The Balaban J connectivity index is 2.31. The zero-order chi connectivity index (χ0) is 20.3. The summed E-state index contributed by atoms with van der Waals surface area (Å²) in [5.41, 5.74) is 17.2. The molecule has 0 aliphatic carbocycles. The molecule has 0 aliphatic rings. The topological polar surface area (TPSA) is 122 Å². The van der Waals surface area contributed by atoms with E-state index in [0.717, 1.165) is 16.8 Å². The third-order valence-electron chi connectivity index (χ3n) is 5.05. The van der Waals surface area contributed by atoms with Gasteiger partial charge in [-0.05, 0) is 32.4 Å². The molecule has 0 saturated heterocycles. The van der Waals surface area contributed by atoms with Gasteiger partial charge in [0.1, 0.15) is 17.1 Å². The number of hydrogen-bond acceptors (Lipinski definition) is 6. The Morgan fingerprint density at radius 2 is 1.89 bits per heavy atom. The number of fused-ring (bicyclic) bond motifs is 3. The minimum atomic E-state index is -0.625. The summed E-state index contributed by atoms with van der Waals surface area (Å²) in [6.45, 7) is 7.45. The quantitative estimate of drug-likeness (QED) is 0.564. The molecule has 0 bridgehead atoms. The summed E-state index contributed by atoms with van der Waals surface area (Å²) in [6.07, 6.45) is 0. The summed E-state index contributed by atoms with van der Waals surface area (Å²) >= 11 is 0. The van der Waals surface area contributed by atoms with Gasteiger partial charge in [0.05, 0.1) is 24.1 Å². The molecule has 4 rings (SSSR count). The van der Waals surface area contributed by atoms with Crippen LogP contribution in [0.2, 0.25) is 0 Å². The molecule has 0 atom stereocenters. The van der Waals surface area contributed by atoms with Gasteiger partial charge in [0.25, 0.3) is 5.91 Å². The third kappa shape index (κ3) is 2.27. The maximum Gasteiger partial charge on any atom is 0.253 e. The Morgan fingerprint density at radius 3 is 2.54 bits per heavy atom. The number of anilines is 1. The number of nitrogens with two attached hydrogens (primary N) is 2. The Morgan fingerprint density at radius 1 is 1.18 bits per heavy atom. The highest BCUT2D eigenvalue weighted by Gasteiger charge is 2.28. The van der Waals surface area contributed by atoms with Gasteiger partial charge in [0.15, 0.2) is 11.5 Å². The van der Waals surface area contributed by atoms with Gasteiger partial charge < -0.3 is 20.6 Å². The van der Waals surface area contributed by atoms with E-state index < -0.39 is 5.91 Å². The van der Waals surface area contributed by atoms with Crippen molar-refractivity contribution < 1.29 is 13.9 Å². The van der Waals surface area contributed by atoms with Crippen LogP contribution >= 0.6 is 0 Å². The first-order valence-electron chi connectivity index (χ1n) is 8.78. The van der Waals surface area contributed by atoms with Crippen molar-refractivity contribution in [2.24, 2.45) is 5.73 Å². The van der Waals surface area contributed by atoms with E-state index >= 15 is 0 Å². The van der Waals surface area contributed by atoms with Gasteiger partial charge in [-0.3, -0.25) is 9.36 Å². The molecule has 1 aromatic carbocycles. The minimum Gasteiger partial charge on any atom is -0.496 e. The van der Waals surface area contributed by atoms with E-state index in [4.69, 9.17) is 20.6 Å². The van der Waals surface area contributed by atoms with Gasteiger partial charge in [-0.15, -0.1) is 0 Å². The van der Waals surface area contributed by atoms with Gasteiger partial charge in [0.2, 0.25) is 5.65 Å². The van der Waals surface area contributed by atoms with Crippen LogP contribution in [0.1, 0.15) is 33.1 Å². The number of nitrogen functional groups attached to an aromatic ring is 1. The molecule has 0 unspecified atom stereocenters. The Bertz CT molecular complexity index is 1280. The lowest BCUT2D eigenvalue weighted by Crippen LogP contribution is -2.14. The molecule has 0 spiro atoms. The molecule has 0 aliphatic heterocycles. The largest absolute Gasteiger partial charge is 0.496 e. The van der Waals surface area contributed by atoms with E-state index in [0.29, 0.717) is 39.5 Å². The van der Waals surface area contributed by atoms with Crippen molar-refractivity contribution in [2.75, 3.05) is 12.8 Å². The van der Waals surface area contributed by atoms with Crippen LogP contribution in [0, 0.1) is 27.7 Å². The van der Waals surface area contributed by atoms with Crippen molar-refractivity contribution in [1.82, 2.24) is 14.5 Å². The van der Waals surface area contributed by atoms with Gasteiger partial charge in [-0.2, -0.15) is 4.98 Å². The lowest BCUT2D eigenvalue weighted by Gasteiger charge is -2.17. The molecular weight excluding hydrogens is 358 g/mol. The van der Waals surface area contributed by atoms with Crippen LogP contribution in [0.4, 0.5) is 5.82 Å². The van der Waals surface area contributed by atoms with Crippen molar-refractivity contribution in [3.8, 4) is 11.4 Å². The van der Waals surface area contributed by atoms with Gasteiger partial charge in [0, 0.05) is 17.9 Å². The molecule has 4 aromatic rings. The molecule has 8 heteroatoms. The fourth-order valence-corrected chi connectivity index (χ4v) is 3.88. The number of oxazole rings is 1. The maximum absolute atomic E-state index is 12.3. The lowest BCUT2D eigenvalue weighted by atomic mass is 10.1. The van der Waals surface area contributed by atoms with Crippen LogP contribution < -0.4 is 16.2 Å². The zero-order valence-electron chi connectivity index (χ0n) is 16.4. The molecule has 3 aromatic heterocycles. The van der Waals surface area contributed by atoms with E-state index in [9.17, 15) is 4.79 Å². The number of methoxy groups -OCH3 is 1. The summed E-state index contributed by atoms with van der Waals surface area (Å²) in [7, 11) is 1.61. The number of primary amides is 1. The molecule has 28 heavy (non-hydrogen) atoms. The average Bonchev–Trinajstić information content (AvgIpc) is 3.13. The van der Waals surface area contributed by atoms with Crippen molar-refractivity contribution in [3.63, 3.8) is 0 Å². The number of aryl methyl sites for hydroxylation is 3. The number of carbonyl (C=O) groups excluding carboxylic acids is 1. The highest BCUT2D eigenvalue weighted by atomic mass is 16.5. The van der Waals surface area contributed by atoms with E-state index in [-0.39, 0.29) is 11.4 Å². The second-order valence-electron chi connectivity index (χ2n) is 6.82. The van der Waals surface area contributed by atoms with Gasteiger partial charge in [-0.1, -0.05) is 6.07 Å². The number of carbonyl (C=O) groups is 1. The Hall–Kier alpha value is -3.55. The summed E-state index contributed by atoms with van der Waals surface area (Å²) in [6, 6.07) is 3.83. The highest BCUT2D eigenvalue weighted by molar-refractivity contribution is 6.17. The fraction of sp³-hybridized carbons (Fsp3) is 0.250. The van der Waals surface area contributed by atoms with Crippen molar-refractivity contribution >= 4 is 33.9 Å². The van der Waals surface area contributed by atoms with Crippen LogP contribution in [0.5, 0.6) is 5.75 Å². The molecule has 0 saturated carbocycles. The monoisotopic (exact) mass is 379 g/mol. The first-order valence-corrected chi connectivity index (χ1v) is 8.78. The maximum atomic E-state index is 12.3. The van der Waals surface area contributed by atoms with Crippen molar-refractivity contribution in [3.05, 3.63) is 40.4 Å². The number of pyridine rings is 1. The first-order chi connectivity index (χ1) is 13.3. The smallest absolute Gasteiger partial charge is 0.253 e. The normalized spacial score (nSPS) is 11.5. The highest BCUT2D eigenvalue weighted by Crippen LogP contribution is 2.40. The van der Waals surface area contributed by atoms with E-state index in [1.54, 1.807) is 25.5 Å². The number of rotatable bonds is 3. The van der Waals surface area contributed by atoms with Gasteiger partial charge in [-0.25, -0.2) is 4.98 Å².